The number of rotatable bonds is 22. The second-order valence-electron chi connectivity index (χ2n) is 26.0. The monoisotopic (exact) mass is 1360 g/mol. The van der Waals surface area contributed by atoms with Crippen LogP contribution in [0.1, 0.15) is 60.5 Å². The van der Waals surface area contributed by atoms with E-state index in [4.69, 9.17) is 38.9 Å². The Bertz CT molecular complexity index is 4070. The summed E-state index contributed by atoms with van der Waals surface area (Å²) in [6.07, 6.45) is 24.4. The van der Waals surface area contributed by atoms with Crippen LogP contribution in [-0.4, -0.2) is 225 Å². The number of aliphatic hydroxyl groups is 1. The van der Waals surface area contributed by atoms with Crippen LogP contribution < -0.4 is 49.3 Å². The number of aliphatic hydroxyl groups excluding tert-OH is 1. The van der Waals surface area contributed by atoms with Gasteiger partial charge in [-0.2, -0.15) is 9.78 Å². The van der Waals surface area contributed by atoms with Crippen molar-refractivity contribution in [3.05, 3.63) is 146 Å². The van der Waals surface area contributed by atoms with E-state index in [1.165, 1.54) is 24.6 Å². The Morgan fingerprint density at radius 3 is 1.90 bits per heavy atom. The number of piperidine rings is 1. The van der Waals surface area contributed by atoms with E-state index in [1.54, 1.807) is 41.0 Å². The van der Waals surface area contributed by atoms with Gasteiger partial charge in [-0.1, -0.05) is 18.2 Å². The number of nitrogens with zero attached hydrogens (tertiary/aromatic N) is 19. The fourth-order valence-corrected chi connectivity index (χ4v) is 14.2. The lowest BCUT2D eigenvalue weighted by atomic mass is 9.87. The molecule has 99 heavy (non-hydrogen) atoms. The number of ether oxygens (including phenoxy) is 7. The highest BCUT2D eigenvalue weighted by molar-refractivity contribution is 5.68. The molecule has 30 nitrogen and oxygen atoms in total. The van der Waals surface area contributed by atoms with Crippen LogP contribution in [0.15, 0.2) is 123 Å². The van der Waals surface area contributed by atoms with Crippen molar-refractivity contribution in [2.45, 2.75) is 75.9 Å². The molecule has 3 aromatic carbocycles. The molecule has 6 aromatic heterocycles. The molecule has 1 amide bonds. The average Bonchev–Trinajstić information content (AvgIpc) is 1.69. The Balaban J connectivity index is 0.000000134. The number of aromatic nitrogens is 13. The normalized spacial score (nSPS) is 19.4. The van der Waals surface area contributed by atoms with Crippen LogP contribution in [-0.2, 0) is 45.5 Å². The lowest BCUT2D eigenvalue weighted by Gasteiger charge is -2.42. The van der Waals surface area contributed by atoms with Gasteiger partial charge in [0, 0.05) is 149 Å². The van der Waals surface area contributed by atoms with Gasteiger partial charge in [-0.3, -0.25) is 23.2 Å². The summed E-state index contributed by atoms with van der Waals surface area (Å²) in [4.78, 5) is 52.0. The number of methoxy groups -OCH3 is 1. The third-order valence-electron chi connectivity index (χ3n) is 19.3. The summed E-state index contributed by atoms with van der Waals surface area (Å²) in [5.41, 5.74) is 11.1. The predicted octanol–water partition coefficient (Wildman–Crippen LogP) is 5.18. The number of anilines is 2. The van der Waals surface area contributed by atoms with Crippen molar-refractivity contribution >= 4 is 17.7 Å². The zero-order valence-electron chi connectivity index (χ0n) is 57.3. The number of hydrogen-bond donors (Lipinski definition) is 3. The fraction of sp³-hybridized carbons (Fsp3) is 0.478. The summed E-state index contributed by atoms with van der Waals surface area (Å²) in [7, 11) is 11.7. The second-order valence-corrected chi connectivity index (χ2v) is 26.0. The number of nitrogens with one attached hydrogen (secondary N) is 1. The fourth-order valence-electron chi connectivity index (χ4n) is 14.2. The van der Waals surface area contributed by atoms with Crippen LogP contribution in [0.5, 0.6) is 34.5 Å². The van der Waals surface area contributed by atoms with Gasteiger partial charge in [0.1, 0.15) is 50.2 Å². The number of nitrogens with two attached hydrogens (primary N) is 1. The molecule has 12 heterocycles. The number of benzene rings is 3. The van der Waals surface area contributed by atoms with E-state index in [9.17, 15) is 9.90 Å². The Kier molecular flexibility index (Phi) is 21.5. The van der Waals surface area contributed by atoms with Gasteiger partial charge in [-0.15, -0.1) is 0 Å². The van der Waals surface area contributed by atoms with Crippen molar-refractivity contribution in [3.63, 3.8) is 0 Å². The molecule has 4 N–H and O–H groups in total. The van der Waals surface area contributed by atoms with E-state index >= 15 is 0 Å². The van der Waals surface area contributed by atoms with Crippen LogP contribution >= 0.6 is 0 Å². The van der Waals surface area contributed by atoms with Crippen molar-refractivity contribution in [2.24, 2.45) is 32.8 Å². The van der Waals surface area contributed by atoms with Crippen molar-refractivity contribution in [1.82, 2.24) is 87.4 Å². The number of likely N-dealkylation sites (tertiary alicyclic amines) is 1. The van der Waals surface area contributed by atoms with Crippen LogP contribution in [0, 0.1) is 5.92 Å². The molecule has 5 atom stereocenters. The molecule has 5 unspecified atom stereocenters. The van der Waals surface area contributed by atoms with Crippen molar-refractivity contribution in [2.75, 3.05) is 123 Å². The first-order chi connectivity index (χ1) is 48.4. The highest BCUT2D eigenvalue weighted by Crippen LogP contribution is 2.38. The Hall–Kier alpha value is -9.72. The molecule has 6 aliphatic heterocycles. The van der Waals surface area contributed by atoms with Crippen LogP contribution in [0.2, 0.25) is 0 Å². The molecule has 3 fully saturated rings. The summed E-state index contributed by atoms with van der Waals surface area (Å²) >= 11 is 0. The topological polar surface area (TPSA) is 279 Å². The van der Waals surface area contributed by atoms with Crippen molar-refractivity contribution in [1.29, 1.82) is 0 Å². The molecule has 6 aliphatic rings. The minimum atomic E-state index is -0.295. The molecule has 0 spiro atoms. The summed E-state index contributed by atoms with van der Waals surface area (Å²) in [5, 5.41) is 17.9. The van der Waals surface area contributed by atoms with Gasteiger partial charge in [-0.25, -0.2) is 34.7 Å². The van der Waals surface area contributed by atoms with Gasteiger partial charge < -0.3 is 78.4 Å². The number of piperazine rings is 1. The summed E-state index contributed by atoms with van der Waals surface area (Å²) < 4.78 is 49.9. The van der Waals surface area contributed by atoms with Gasteiger partial charge in [0.05, 0.1) is 37.4 Å². The van der Waals surface area contributed by atoms with Crippen LogP contribution in [0.3, 0.4) is 0 Å². The third kappa shape index (κ3) is 15.7. The SMILES string of the molecule is CN(CCC1CC(N)CN1c1cnc(-n2ccnc2)n1C)Cc1ccc2c(c1)OCO2.COC(=O)N1CCN(c2cnc(-n3cncn3)n2C)C(CCN(C)Cc2ccc3c(c2)OCO3)C1.Cn1c(C2C(CO)CCCN2CCNCc2ccc3c(c2)OCCO3)cnc1-n1ccnc1. The summed E-state index contributed by atoms with van der Waals surface area (Å²) in [6.45, 7) is 11.7. The van der Waals surface area contributed by atoms with E-state index in [2.05, 4.69) is 118 Å². The summed E-state index contributed by atoms with van der Waals surface area (Å²) in [6, 6.07) is 19.1. The average molecular weight is 1360 g/mol. The number of carbonyl (C=O) groups excluding carboxylic acids is 1. The highest BCUT2D eigenvalue weighted by atomic mass is 16.7. The molecule has 0 aliphatic carbocycles. The Labute approximate surface area is 575 Å². The van der Waals surface area contributed by atoms with E-state index in [-0.39, 0.29) is 43.5 Å². The largest absolute Gasteiger partial charge is 0.486 e. The molecular formula is C69H91N21O9. The van der Waals surface area contributed by atoms with Gasteiger partial charge in [0.2, 0.25) is 31.4 Å². The maximum absolute atomic E-state index is 12.3. The van der Waals surface area contributed by atoms with Gasteiger partial charge in [0.25, 0.3) is 0 Å². The predicted molar refractivity (Wildman–Crippen MR) is 368 cm³/mol. The highest BCUT2D eigenvalue weighted by Gasteiger charge is 2.37. The molecule has 0 radical (unpaired) electrons. The van der Waals surface area contributed by atoms with Crippen LogP contribution in [0.25, 0.3) is 17.8 Å². The molecular weight excluding hydrogens is 1270 g/mol. The lowest BCUT2D eigenvalue weighted by Crippen LogP contribution is -2.56. The summed E-state index contributed by atoms with van der Waals surface area (Å²) in [5.74, 6) is 9.54. The molecule has 3 saturated heterocycles. The van der Waals surface area contributed by atoms with E-state index in [0.29, 0.717) is 51.6 Å². The van der Waals surface area contributed by atoms with E-state index in [1.807, 2.05) is 90.1 Å². The smallest absolute Gasteiger partial charge is 0.409 e. The minimum Gasteiger partial charge on any atom is -0.486 e. The Morgan fingerprint density at radius 1 is 0.667 bits per heavy atom. The first kappa shape index (κ1) is 67.8. The zero-order valence-corrected chi connectivity index (χ0v) is 57.3. The maximum atomic E-state index is 12.3. The Morgan fingerprint density at radius 2 is 1.25 bits per heavy atom. The van der Waals surface area contributed by atoms with Crippen molar-refractivity contribution < 1.29 is 43.1 Å². The molecule has 526 valence electrons. The van der Waals surface area contributed by atoms with Gasteiger partial charge in [-0.05, 0) is 106 Å². The lowest BCUT2D eigenvalue weighted by molar-refractivity contribution is 0.0517. The van der Waals surface area contributed by atoms with Gasteiger partial charge >= 0.3 is 6.09 Å². The quantitative estimate of drug-likeness (QED) is 0.0737. The molecule has 9 aromatic rings. The number of hydrogen-bond acceptors (Lipinski definition) is 23. The number of imidazole rings is 5. The second kappa shape index (κ2) is 31.4. The van der Waals surface area contributed by atoms with Gasteiger partial charge in [0.15, 0.2) is 34.5 Å². The number of fused-ring (bicyclic) bond motifs is 3. The molecule has 30 heteroatoms. The molecule has 15 rings (SSSR count). The first-order valence-electron chi connectivity index (χ1n) is 33.9. The number of amides is 1. The third-order valence-corrected chi connectivity index (χ3v) is 19.3. The zero-order chi connectivity index (χ0) is 68.4. The molecule has 0 saturated carbocycles. The number of carbonyl (C=O) groups is 1. The van der Waals surface area contributed by atoms with E-state index in [0.717, 1.165) is 160 Å². The van der Waals surface area contributed by atoms with Crippen LogP contribution in [0.4, 0.5) is 16.4 Å². The minimum absolute atomic E-state index is 0.0982. The maximum Gasteiger partial charge on any atom is 0.409 e. The first-order valence-corrected chi connectivity index (χ1v) is 33.9. The molecule has 0 bridgehead atoms. The standard InChI is InChI=1S/C24H32N6O3.C23H30N8O4.C22H29N7O2/c1-28-20(15-27-24(28)30-10-7-26-17-30)23-19(16-31)3-2-8-29(23)9-6-25-14-18-4-5-21-22(13-18)33-12-11-32-21;1-27(12-17-4-5-19-20(10-17)35-16-34-19)7-6-18-13-29(23(32)33-3)8-9-30(18)21-11-25-22(28(21)2)31-15-24-14-26-31;1-26(12-16-3-4-19-20(9-16)31-15-30-19)7-5-18-10-17(23)13-29(18)21-11-25-22(27(21)2)28-8-6-24-14-28/h4-5,7,10,13,15,17,19,23,25,31H,2-3,6,8-9,11-12,14,16H2,1H3;4-5,10-11,14-15,18H,6-9,12-13,16H2,1-3H3;3-4,6,8-9,11,14,17-18H,5,7,10,12-13,15,23H2,1-2H3. The van der Waals surface area contributed by atoms with Crippen molar-refractivity contribution in [3.8, 4) is 52.3 Å². The van der Waals surface area contributed by atoms with E-state index < -0.39 is 0 Å².